The van der Waals surface area contributed by atoms with Crippen molar-refractivity contribution in [3.05, 3.63) is 48.2 Å². The standard InChI is InChI=1S/C22H26FN5O3/c23-16-5-8-20(25-13-16)26-17-6-7-18(24-14-17)19-15-28(11-12-31-19)22(30)4-2-10-27-9-1-3-21(27)29/h5-8,13-14,19H,1-4,9-12,15H2,(H,25,26)/t19-/m1/s1. The first-order valence-electron chi connectivity index (χ1n) is 10.6. The molecule has 31 heavy (non-hydrogen) atoms. The Bertz CT molecular complexity index is 906. The Balaban J connectivity index is 1.27. The van der Waals surface area contributed by atoms with Crippen molar-refractivity contribution >= 4 is 23.3 Å². The second-order valence-corrected chi connectivity index (χ2v) is 7.75. The number of nitrogens with zero attached hydrogens (tertiary/aromatic N) is 4. The third-order valence-corrected chi connectivity index (χ3v) is 5.53. The molecular formula is C22H26FN5O3. The lowest BCUT2D eigenvalue weighted by molar-refractivity contribution is -0.139. The minimum Gasteiger partial charge on any atom is -0.368 e. The predicted molar refractivity (Wildman–Crippen MR) is 112 cm³/mol. The van der Waals surface area contributed by atoms with Crippen LogP contribution >= 0.6 is 0 Å². The fourth-order valence-corrected chi connectivity index (χ4v) is 3.84. The van der Waals surface area contributed by atoms with Gasteiger partial charge in [0.2, 0.25) is 11.8 Å². The largest absolute Gasteiger partial charge is 0.368 e. The van der Waals surface area contributed by atoms with Gasteiger partial charge in [-0.15, -0.1) is 0 Å². The first kappa shape index (κ1) is 21.2. The summed E-state index contributed by atoms with van der Waals surface area (Å²) in [5.74, 6) is 0.410. The van der Waals surface area contributed by atoms with Crippen molar-refractivity contribution in [3.63, 3.8) is 0 Å². The van der Waals surface area contributed by atoms with E-state index in [1.165, 1.54) is 6.07 Å². The summed E-state index contributed by atoms with van der Waals surface area (Å²) in [6.45, 7) is 2.94. The quantitative estimate of drug-likeness (QED) is 0.731. The zero-order valence-electron chi connectivity index (χ0n) is 17.3. The van der Waals surface area contributed by atoms with E-state index in [2.05, 4.69) is 15.3 Å². The zero-order chi connectivity index (χ0) is 21.6. The van der Waals surface area contributed by atoms with Gasteiger partial charge in [-0.3, -0.25) is 14.6 Å². The van der Waals surface area contributed by atoms with Crippen LogP contribution in [0.15, 0.2) is 36.7 Å². The smallest absolute Gasteiger partial charge is 0.222 e. The Morgan fingerprint density at radius 2 is 2.10 bits per heavy atom. The van der Waals surface area contributed by atoms with E-state index in [1.807, 2.05) is 21.9 Å². The number of pyridine rings is 2. The van der Waals surface area contributed by atoms with Gasteiger partial charge >= 0.3 is 0 Å². The zero-order valence-corrected chi connectivity index (χ0v) is 17.3. The highest BCUT2D eigenvalue weighted by Crippen LogP contribution is 2.23. The molecule has 1 atom stereocenters. The minimum absolute atomic E-state index is 0.0839. The Labute approximate surface area is 180 Å². The molecule has 2 aliphatic heterocycles. The second kappa shape index (κ2) is 9.82. The van der Waals surface area contributed by atoms with Crippen LogP contribution in [0.3, 0.4) is 0 Å². The maximum absolute atomic E-state index is 13.0. The maximum atomic E-state index is 13.0. The molecule has 2 aromatic rings. The number of anilines is 2. The van der Waals surface area contributed by atoms with Crippen molar-refractivity contribution in [1.29, 1.82) is 0 Å². The van der Waals surface area contributed by atoms with Gasteiger partial charge in [-0.25, -0.2) is 9.37 Å². The summed E-state index contributed by atoms with van der Waals surface area (Å²) in [7, 11) is 0. The van der Waals surface area contributed by atoms with Gasteiger partial charge in [0, 0.05) is 32.5 Å². The third kappa shape index (κ3) is 5.55. The van der Waals surface area contributed by atoms with Crippen molar-refractivity contribution < 1.29 is 18.7 Å². The average Bonchev–Trinajstić information content (AvgIpc) is 3.20. The number of ether oxygens (including phenoxy) is 1. The number of morpholine rings is 1. The highest BCUT2D eigenvalue weighted by atomic mass is 19.1. The second-order valence-electron chi connectivity index (χ2n) is 7.75. The summed E-state index contributed by atoms with van der Waals surface area (Å²) in [5.41, 5.74) is 1.47. The van der Waals surface area contributed by atoms with Crippen LogP contribution in [0, 0.1) is 5.82 Å². The molecule has 2 aliphatic rings. The molecule has 164 valence electrons. The SMILES string of the molecule is O=C1CCCN1CCCC(=O)N1CCO[C@@H](c2ccc(Nc3ccc(F)cn3)cn2)C1. The van der Waals surface area contributed by atoms with E-state index in [0.29, 0.717) is 51.3 Å². The molecule has 2 saturated heterocycles. The van der Waals surface area contributed by atoms with E-state index in [4.69, 9.17) is 4.74 Å². The molecule has 0 radical (unpaired) electrons. The number of halogens is 1. The van der Waals surface area contributed by atoms with Gasteiger partial charge in [0.25, 0.3) is 0 Å². The molecule has 8 nitrogen and oxygen atoms in total. The number of amides is 2. The van der Waals surface area contributed by atoms with E-state index in [9.17, 15) is 14.0 Å². The Kier molecular flexibility index (Phi) is 6.71. The lowest BCUT2D eigenvalue weighted by Gasteiger charge is -2.33. The molecule has 4 rings (SSSR count). The topological polar surface area (TPSA) is 87.7 Å². The Morgan fingerprint density at radius 1 is 1.19 bits per heavy atom. The molecule has 0 saturated carbocycles. The molecular weight excluding hydrogens is 401 g/mol. The normalized spacial score (nSPS) is 19.0. The van der Waals surface area contributed by atoms with Crippen molar-refractivity contribution in [2.45, 2.75) is 31.8 Å². The number of rotatable bonds is 7. The van der Waals surface area contributed by atoms with Gasteiger partial charge in [-0.1, -0.05) is 0 Å². The van der Waals surface area contributed by atoms with Crippen molar-refractivity contribution in [2.75, 3.05) is 38.1 Å². The predicted octanol–water partition coefficient (Wildman–Crippen LogP) is 2.66. The molecule has 0 unspecified atom stereocenters. The molecule has 1 N–H and O–H groups in total. The summed E-state index contributed by atoms with van der Waals surface area (Å²) in [6.07, 6.45) is 5.18. The first-order chi connectivity index (χ1) is 15.1. The fourth-order valence-electron chi connectivity index (χ4n) is 3.84. The summed E-state index contributed by atoms with van der Waals surface area (Å²) in [4.78, 5) is 36.4. The molecule has 2 aromatic heterocycles. The van der Waals surface area contributed by atoms with Crippen molar-refractivity contribution in [3.8, 4) is 0 Å². The first-order valence-corrected chi connectivity index (χ1v) is 10.6. The monoisotopic (exact) mass is 427 g/mol. The summed E-state index contributed by atoms with van der Waals surface area (Å²) >= 11 is 0. The highest BCUT2D eigenvalue weighted by molar-refractivity contribution is 5.78. The van der Waals surface area contributed by atoms with E-state index in [1.54, 1.807) is 12.3 Å². The number of carbonyl (C=O) groups excluding carboxylic acids is 2. The van der Waals surface area contributed by atoms with E-state index < -0.39 is 5.82 Å². The summed E-state index contributed by atoms with van der Waals surface area (Å²) in [5, 5.41) is 3.06. The molecule has 9 heteroatoms. The molecule has 2 amide bonds. The number of hydrogen-bond acceptors (Lipinski definition) is 6. The van der Waals surface area contributed by atoms with Crippen LogP contribution in [0.1, 0.15) is 37.5 Å². The fraction of sp³-hybridized carbons (Fsp3) is 0.455. The van der Waals surface area contributed by atoms with Crippen LogP contribution in [0.2, 0.25) is 0 Å². The highest BCUT2D eigenvalue weighted by Gasteiger charge is 2.26. The molecule has 4 heterocycles. The van der Waals surface area contributed by atoms with Gasteiger partial charge in [0.05, 0.1) is 36.9 Å². The van der Waals surface area contributed by atoms with Gasteiger partial charge in [-0.05, 0) is 37.1 Å². The number of nitrogens with one attached hydrogen (secondary N) is 1. The lowest BCUT2D eigenvalue weighted by atomic mass is 10.1. The van der Waals surface area contributed by atoms with E-state index >= 15 is 0 Å². The van der Waals surface area contributed by atoms with Crippen LogP contribution in [-0.2, 0) is 14.3 Å². The molecule has 0 aliphatic carbocycles. The van der Waals surface area contributed by atoms with Gasteiger partial charge in [0.15, 0.2) is 0 Å². The average molecular weight is 427 g/mol. The van der Waals surface area contributed by atoms with E-state index in [0.717, 1.165) is 30.5 Å². The van der Waals surface area contributed by atoms with Crippen LogP contribution in [0.25, 0.3) is 0 Å². The number of aromatic nitrogens is 2. The van der Waals surface area contributed by atoms with Gasteiger partial charge < -0.3 is 19.9 Å². The minimum atomic E-state index is -0.392. The Hall–Kier alpha value is -3.07. The van der Waals surface area contributed by atoms with Gasteiger partial charge in [0.1, 0.15) is 17.7 Å². The molecule has 0 bridgehead atoms. The van der Waals surface area contributed by atoms with Gasteiger partial charge in [-0.2, -0.15) is 0 Å². The van der Waals surface area contributed by atoms with Crippen molar-refractivity contribution in [2.24, 2.45) is 0 Å². The van der Waals surface area contributed by atoms with Crippen LogP contribution in [0.5, 0.6) is 0 Å². The number of carbonyl (C=O) groups is 2. The lowest BCUT2D eigenvalue weighted by Crippen LogP contribution is -2.42. The third-order valence-electron chi connectivity index (χ3n) is 5.53. The molecule has 2 fully saturated rings. The summed E-state index contributed by atoms with van der Waals surface area (Å²) in [6, 6.07) is 6.59. The number of likely N-dealkylation sites (tertiary alicyclic amines) is 1. The van der Waals surface area contributed by atoms with E-state index in [-0.39, 0.29) is 17.9 Å². The molecule has 0 aromatic carbocycles. The molecule has 0 spiro atoms. The van der Waals surface area contributed by atoms with Crippen LogP contribution < -0.4 is 5.32 Å². The Morgan fingerprint density at radius 3 is 2.81 bits per heavy atom. The number of hydrogen-bond donors (Lipinski definition) is 1. The van der Waals surface area contributed by atoms with Crippen LogP contribution in [-0.4, -0.2) is 64.4 Å². The van der Waals surface area contributed by atoms with Crippen molar-refractivity contribution in [1.82, 2.24) is 19.8 Å². The summed E-state index contributed by atoms with van der Waals surface area (Å²) < 4.78 is 18.8. The maximum Gasteiger partial charge on any atom is 0.222 e. The van der Waals surface area contributed by atoms with Crippen LogP contribution in [0.4, 0.5) is 15.9 Å².